The van der Waals surface area contributed by atoms with Gasteiger partial charge >= 0.3 is 12.1 Å². The van der Waals surface area contributed by atoms with E-state index in [4.69, 9.17) is 14.4 Å². The van der Waals surface area contributed by atoms with Crippen LogP contribution >= 0.6 is 0 Å². The number of halogens is 3. The number of benzene rings is 2. The number of ether oxygens (including phenoxy) is 1. The van der Waals surface area contributed by atoms with Gasteiger partial charge < -0.3 is 14.4 Å². The lowest BCUT2D eigenvalue weighted by Gasteiger charge is -2.21. The summed E-state index contributed by atoms with van der Waals surface area (Å²) in [5.74, 6) is -0.574. The van der Waals surface area contributed by atoms with E-state index in [1.54, 1.807) is 26.0 Å². The molecule has 0 amide bonds. The van der Waals surface area contributed by atoms with Crippen LogP contribution in [-0.4, -0.2) is 25.9 Å². The Balaban J connectivity index is 2.36. The molecule has 172 valence electrons. The average molecular weight is 450 g/mol. The summed E-state index contributed by atoms with van der Waals surface area (Å²) >= 11 is 0. The summed E-state index contributed by atoms with van der Waals surface area (Å²) in [6, 6.07) is 9.17. The summed E-state index contributed by atoms with van der Waals surface area (Å²) in [6.07, 6.45) is -4.45. The summed E-state index contributed by atoms with van der Waals surface area (Å²) in [7, 11) is 2.63. The fourth-order valence-electron chi connectivity index (χ4n) is 3.08. The molecule has 0 aromatic heterocycles. The largest absolute Gasteiger partial charge is 0.468 e. The van der Waals surface area contributed by atoms with E-state index in [2.05, 4.69) is 17.2 Å². The summed E-state index contributed by atoms with van der Waals surface area (Å²) in [5, 5.41) is 3.98. The third-order valence-electron chi connectivity index (χ3n) is 4.67. The molecular weight excluding hydrogens is 425 g/mol. The predicted molar refractivity (Wildman–Crippen MR) is 114 cm³/mol. The van der Waals surface area contributed by atoms with Gasteiger partial charge in [-0.3, -0.25) is 0 Å². The molecule has 1 unspecified atom stereocenters. The number of carbonyl (C=O) groups is 1. The molecule has 2 rings (SSSR count). The average Bonchev–Trinajstić information content (AvgIpc) is 2.76. The highest BCUT2D eigenvalue weighted by Crippen LogP contribution is 2.30. The molecule has 9 heteroatoms. The number of oxime groups is 1. The van der Waals surface area contributed by atoms with Gasteiger partial charge in [-0.05, 0) is 42.7 Å². The number of allylic oxidation sites excluding steroid dienone is 1. The minimum Gasteiger partial charge on any atom is -0.468 e. The van der Waals surface area contributed by atoms with Crippen molar-refractivity contribution in [3.8, 4) is 0 Å². The molecule has 0 bridgehead atoms. The van der Waals surface area contributed by atoms with Crippen molar-refractivity contribution in [1.82, 2.24) is 5.48 Å². The Bertz CT molecular complexity index is 1000. The number of hydrogen-bond donors (Lipinski definition) is 1. The zero-order valence-electron chi connectivity index (χ0n) is 18.2. The van der Waals surface area contributed by atoms with Crippen molar-refractivity contribution in [3.63, 3.8) is 0 Å². The monoisotopic (exact) mass is 450 g/mol. The van der Waals surface area contributed by atoms with Gasteiger partial charge in [0, 0.05) is 5.56 Å². The molecule has 0 aliphatic heterocycles. The minimum absolute atomic E-state index is 0.0619. The van der Waals surface area contributed by atoms with Crippen molar-refractivity contribution >= 4 is 17.3 Å². The molecule has 32 heavy (non-hydrogen) atoms. The molecule has 0 radical (unpaired) electrons. The van der Waals surface area contributed by atoms with E-state index < -0.39 is 23.8 Å². The SMILES string of the molecule is C=C(C)c1cccc(C(NOC)C(=O)OC)c1CO/N=C(\C)c1cccc(C(F)(F)F)c1. The van der Waals surface area contributed by atoms with E-state index in [9.17, 15) is 18.0 Å². The van der Waals surface area contributed by atoms with Crippen LogP contribution in [0.15, 0.2) is 54.2 Å². The smallest absolute Gasteiger partial charge is 0.416 e. The Morgan fingerprint density at radius 1 is 1.16 bits per heavy atom. The summed E-state index contributed by atoms with van der Waals surface area (Å²) < 4.78 is 43.8. The predicted octanol–water partition coefficient (Wildman–Crippen LogP) is 5.04. The first kappa shape index (κ1) is 25.1. The molecule has 2 aromatic carbocycles. The number of hydroxylamine groups is 1. The van der Waals surface area contributed by atoms with Gasteiger partial charge in [0.1, 0.15) is 6.61 Å². The quantitative estimate of drug-likeness (QED) is 0.329. The van der Waals surface area contributed by atoms with Gasteiger partial charge in [0.25, 0.3) is 0 Å². The van der Waals surface area contributed by atoms with E-state index in [1.165, 1.54) is 26.4 Å². The van der Waals surface area contributed by atoms with Crippen molar-refractivity contribution in [1.29, 1.82) is 0 Å². The lowest BCUT2D eigenvalue weighted by atomic mass is 9.93. The molecule has 0 aliphatic rings. The van der Waals surface area contributed by atoms with Gasteiger partial charge in [-0.1, -0.05) is 47.6 Å². The topological polar surface area (TPSA) is 69.2 Å². The van der Waals surface area contributed by atoms with E-state index in [-0.39, 0.29) is 17.9 Å². The van der Waals surface area contributed by atoms with Gasteiger partial charge in [-0.15, -0.1) is 0 Å². The Hall–Kier alpha value is -3.17. The summed E-state index contributed by atoms with van der Waals surface area (Å²) in [4.78, 5) is 22.7. The highest BCUT2D eigenvalue weighted by atomic mass is 19.4. The maximum atomic E-state index is 13.0. The molecule has 6 nitrogen and oxygen atoms in total. The number of alkyl halides is 3. The molecule has 1 N–H and O–H groups in total. The van der Waals surface area contributed by atoms with Gasteiger partial charge in [-0.25, -0.2) is 4.79 Å². The fourth-order valence-corrected chi connectivity index (χ4v) is 3.08. The zero-order chi connectivity index (χ0) is 23.9. The highest BCUT2D eigenvalue weighted by molar-refractivity contribution is 5.98. The number of esters is 1. The molecule has 0 saturated carbocycles. The molecule has 0 aliphatic carbocycles. The standard InChI is InChI=1S/C23H25F3N2O4/c1-14(2)18-10-7-11-19(21(28-31-5)22(29)30-4)20(18)13-32-27-15(3)16-8-6-9-17(12-16)23(24,25)26/h6-12,21,28H,1,13H2,2-5H3/b27-15+. The van der Waals surface area contributed by atoms with Crippen molar-refractivity contribution in [3.05, 3.63) is 76.9 Å². The van der Waals surface area contributed by atoms with Gasteiger partial charge in [0.2, 0.25) is 0 Å². The molecule has 0 spiro atoms. The maximum absolute atomic E-state index is 13.0. The fraction of sp³-hybridized carbons (Fsp3) is 0.304. The number of hydrogen-bond acceptors (Lipinski definition) is 6. The van der Waals surface area contributed by atoms with Crippen LogP contribution in [0.25, 0.3) is 5.57 Å². The number of nitrogens with one attached hydrogen (secondary N) is 1. The van der Waals surface area contributed by atoms with Crippen LogP contribution in [0.4, 0.5) is 13.2 Å². The number of carbonyl (C=O) groups excluding carboxylic acids is 1. The first-order valence-electron chi connectivity index (χ1n) is 9.58. The second-order valence-corrected chi connectivity index (χ2v) is 6.96. The third kappa shape index (κ3) is 6.18. The van der Waals surface area contributed by atoms with Crippen molar-refractivity contribution in [2.24, 2.45) is 5.16 Å². The number of nitrogens with zero attached hydrogens (tertiary/aromatic N) is 1. The second kappa shape index (κ2) is 10.9. The number of methoxy groups -OCH3 is 1. The molecule has 0 saturated heterocycles. The minimum atomic E-state index is -4.45. The second-order valence-electron chi connectivity index (χ2n) is 6.96. The first-order chi connectivity index (χ1) is 15.1. The van der Waals surface area contributed by atoms with Crippen molar-refractivity contribution < 1.29 is 32.4 Å². The Morgan fingerprint density at radius 2 is 1.84 bits per heavy atom. The number of rotatable bonds is 9. The van der Waals surface area contributed by atoms with E-state index in [0.717, 1.165) is 23.3 Å². The van der Waals surface area contributed by atoms with Crippen LogP contribution in [0, 0.1) is 0 Å². The van der Waals surface area contributed by atoms with E-state index in [1.807, 2.05) is 6.07 Å². The van der Waals surface area contributed by atoms with E-state index >= 15 is 0 Å². The van der Waals surface area contributed by atoms with Crippen LogP contribution < -0.4 is 5.48 Å². The van der Waals surface area contributed by atoms with Crippen molar-refractivity contribution in [2.75, 3.05) is 14.2 Å². The highest BCUT2D eigenvalue weighted by Gasteiger charge is 2.30. The van der Waals surface area contributed by atoms with Crippen LogP contribution in [0.5, 0.6) is 0 Å². The normalized spacial score (nSPS) is 12.9. The molecule has 0 heterocycles. The third-order valence-corrected chi connectivity index (χ3v) is 4.67. The van der Waals surface area contributed by atoms with Crippen LogP contribution in [0.2, 0.25) is 0 Å². The van der Waals surface area contributed by atoms with Crippen LogP contribution in [-0.2, 0) is 32.0 Å². The van der Waals surface area contributed by atoms with Crippen LogP contribution in [0.3, 0.4) is 0 Å². The van der Waals surface area contributed by atoms with Gasteiger partial charge in [-0.2, -0.15) is 18.7 Å². The summed E-state index contributed by atoms with van der Waals surface area (Å²) in [5.41, 5.74) is 4.98. The van der Waals surface area contributed by atoms with Crippen LogP contribution in [0.1, 0.15) is 47.7 Å². The molecule has 0 fully saturated rings. The zero-order valence-corrected chi connectivity index (χ0v) is 18.2. The maximum Gasteiger partial charge on any atom is 0.416 e. The molecule has 1 atom stereocenters. The van der Waals surface area contributed by atoms with Gasteiger partial charge in [0.05, 0.1) is 25.5 Å². The first-order valence-corrected chi connectivity index (χ1v) is 9.58. The Labute approximate surface area is 184 Å². The lowest BCUT2D eigenvalue weighted by Crippen LogP contribution is -2.30. The van der Waals surface area contributed by atoms with E-state index in [0.29, 0.717) is 11.1 Å². The Kier molecular flexibility index (Phi) is 8.56. The lowest BCUT2D eigenvalue weighted by molar-refractivity contribution is -0.147. The Morgan fingerprint density at radius 3 is 2.44 bits per heavy atom. The van der Waals surface area contributed by atoms with Gasteiger partial charge in [0.15, 0.2) is 6.04 Å². The molecule has 2 aromatic rings. The van der Waals surface area contributed by atoms with Crippen molar-refractivity contribution in [2.45, 2.75) is 32.7 Å². The molecular formula is C23H25F3N2O4. The summed E-state index contributed by atoms with van der Waals surface area (Å²) in [6.45, 7) is 7.24.